The van der Waals surface area contributed by atoms with Gasteiger partial charge in [-0.1, -0.05) is 169 Å². The lowest BCUT2D eigenvalue weighted by atomic mass is 9.91. The third-order valence-electron chi connectivity index (χ3n) is 10.4. The van der Waals surface area contributed by atoms with Crippen LogP contribution in [0.1, 0.15) is 62.9 Å². The van der Waals surface area contributed by atoms with E-state index in [4.69, 9.17) is 0 Å². The summed E-state index contributed by atoms with van der Waals surface area (Å²) in [5.74, 6) is 0. The Morgan fingerprint density at radius 2 is 0.926 bits per heavy atom. The molecule has 0 spiro atoms. The highest BCUT2D eigenvalue weighted by molar-refractivity contribution is 5.92. The minimum atomic E-state index is 1.14. The van der Waals surface area contributed by atoms with Crippen LogP contribution in [0.2, 0.25) is 0 Å². The summed E-state index contributed by atoms with van der Waals surface area (Å²) in [6.45, 7) is 2.13. The molecule has 0 heterocycles. The lowest BCUT2D eigenvalue weighted by molar-refractivity contribution is 0.685. The zero-order valence-electron chi connectivity index (χ0n) is 30.9. The normalized spacial score (nSPS) is 12.6. The quantitative estimate of drug-likeness (QED) is 0.102. The standard InChI is InChI=1S/C53H45N/c1-40-24-30-47(31-25-40)52(44-16-5-2-6-17-44)23-13-14-41-26-33-49(34-27-41)54(51-37-32-43-15-11-12-22-48(43)39-51)50-35-28-42(29-36-50)38-53(45-18-7-3-8-19-45)46-20-9-4-10-21-46/h2-10,13-14,16-21,23-39H,11-12,15,22H2,1H3/b14-13+,52-23+. The first-order valence-corrected chi connectivity index (χ1v) is 19.1. The number of rotatable bonds is 10. The van der Waals surface area contributed by atoms with Gasteiger partial charge in [0.05, 0.1) is 0 Å². The third-order valence-corrected chi connectivity index (χ3v) is 10.4. The van der Waals surface area contributed by atoms with E-state index in [0.29, 0.717) is 0 Å². The molecule has 0 atom stereocenters. The average molecular weight is 696 g/mol. The topological polar surface area (TPSA) is 3.24 Å². The van der Waals surface area contributed by atoms with E-state index in [9.17, 15) is 0 Å². The maximum absolute atomic E-state index is 2.42. The molecule has 0 N–H and O–H groups in total. The first-order chi connectivity index (χ1) is 26.7. The lowest BCUT2D eigenvalue weighted by Gasteiger charge is -2.27. The zero-order valence-corrected chi connectivity index (χ0v) is 30.9. The molecule has 1 heteroatoms. The molecule has 54 heavy (non-hydrogen) atoms. The summed E-state index contributed by atoms with van der Waals surface area (Å²) in [5.41, 5.74) is 17.3. The van der Waals surface area contributed by atoms with Crippen molar-refractivity contribution in [2.45, 2.75) is 32.6 Å². The molecular formula is C53H45N. The Morgan fingerprint density at radius 3 is 1.50 bits per heavy atom. The van der Waals surface area contributed by atoms with Gasteiger partial charge in [-0.05, 0) is 131 Å². The molecule has 262 valence electrons. The van der Waals surface area contributed by atoms with Crippen LogP contribution < -0.4 is 4.90 Å². The molecule has 0 saturated carbocycles. The molecule has 7 aromatic carbocycles. The van der Waals surface area contributed by atoms with E-state index in [1.54, 1.807) is 0 Å². The molecule has 0 saturated heterocycles. The van der Waals surface area contributed by atoms with Crippen molar-refractivity contribution in [1.82, 2.24) is 0 Å². The molecule has 0 amide bonds. The van der Waals surface area contributed by atoms with Crippen LogP contribution in [0.3, 0.4) is 0 Å². The molecule has 7 aromatic rings. The fourth-order valence-corrected chi connectivity index (χ4v) is 7.46. The first kappa shape index (κ1) is 34.6. The molecule has 0 bridgehead atoms. The molecule has 0 aromatic heterocycles. The van der Waals surface area contributed by atoms with Gasteiger partial charge in [0.25, 0.3) is 0 Å². The number of aryl methyl sites for hydroxylation is 3. The van der Waals surface area contributed by atoms with Crippen molar-refractivity contribution in [1.29, 1.82) is 0 Å². The third kappa shape index (κ3) is 8.12. The lowest BCUT2D eigenvalue weighted by Crippen LogP contribution is -2.12. The van der Waals surface area contributed by atoms with E-state index >= 15 is 0 Å². The smallest absolute Gasteiger partial charge is 0.0464 e. The number of nitrogens with zero attached hydrogens (tertiary/aromatic N) is 1. The van der Waals surface area contributed by atoms with Crippen LogP contribution in [0, 0.1) is 6.92 Å². The summed E-state index contributed by atoms with van der Waals surface area (Å²) < 4.78 is 0. The van der Waals surface area contributed by atoms with Gasteiger partial charge < -0.3 is 4.90 Å². The maximum Gasteiger partial charge on any atom is 0.0464 e. The van der Waals surface area contributed by atoms with Gasteiger partial charge in [0, 0.05) is 17.1 Å². The van der Waals surface area contributed by atoms with E-state index < -0.39 is 0 Å². The predicted octanol–water partition coefficient (Wildman–Crippen LogP) is 14.1. The van der Waals surface area contributed by atoms with E-state index in [-0.39, 0.29) is 0 Å². The highest BCUT2D eigenvalue weighted by Crippen LogP contribution is 2.38. The van der Waals surface area contributed by atoms with E-state index in [2.05, 4.69) is 218 Å². The van der Waals surface area contributed by atoms with Crippen molar-refractivity contribution in [3.05, 3.63) is 244 Å². The molecule has 8 rings (SSSR count). The molecule has 0 fully saturated rings. The fourth-order valence-electron chi connectivity index (χ4n) is 7.46. The molecule has 1 aliphatic carbocycles. The summed E-state index contributed by atoms with van der Waals surface area (Å²) >= 11 is 0. The molecule has 0 unspecified atom stereocenters. The van der Waals surface area contributed by atoms with Crippen LogP contribution in [-0.2, 0) is 12.8 Å². The maximum atomic E-state index is 2.42. The summed E-state index contributed by atoms with van der Waals surface area (Å²) in [6.07, 6.45) is 13.8. The van der Waals surface area contributed by atoms with Gasteiger partial charge >= 0.3 is 0 Å². The Balaban J connectivity index is 1.12. The van der Waals surface area contributed by atoms with Gasteiger partial charge in [-0.25, -0.2) is 0 Å². The van der Waals surface area contributed by atoms with Crippen molar-refractivity contribution in [2.24, 2.45) is 0 Å². The zero-order chi connectivity index (χ0) is 36.5. The Morgan fingerprint density at radius 1 is 0.444 bits per heavy atom. The highest BCUT2D eigenvalue weighted by atomic mass is 15.1. The van der Waals surface area contributed by atoms with Gasteiger partial charge in [0.1, 0.15) is 0 Å². The van der Waals surface area contributed by atoms with E-state index in [0.717, 1.165) is 23.4 Å². The summed E-state index contributed by atoms with van der Waals surface area (Å²) in [5, 5.41) is 0. The average Bonchev–Trinajstić information content (AvgIpc) is 3.24. The van der Waals surface area contributed by atoms with E-state index in [1.807, 2.05) is 0 Å². The fraction of sp³-hybridized carbons (Fsp3) is 0.0943. The van der Waals surface area contributed by atoms with Gasteiger partial charge in [0.2, 0.25) is 0 Å². The van der Waals surface area contributed by atoms with Crippen molar-refractivity contribution >= 4 is 40.4 Å². The Labute approximate surface area is 320 Å². The van der Waals surface area contributed by atoms with Crippen LogP contribution in [0.25, 0.3) is 23.3 Å². The van der Waals surface area contributed by atoms with Gasteiger partial charge in [-0.3, -0.25) is 0 Å². The number of allylic oxidation sites excluding steroid dienone is 2. The van der Waals surface area contributed by atoms with Gasteiger partial charge in [0.15, 0.2) is 0 Å². The number of hydrogen-bond acceptors (Lipinski definition) is 1. The molecule has 1 aliphatic rings. The number of fused-ring (bicyclic) bond motifs is 1. The van der Waals surface area contributed by atoms with Crippen LogP contribution >= 0.6 is 0 Å². The Kier molecular flexibility index (Phi) is 10.6. The predicted molar refractivity (Wildman–Crippen MR) is 231 cm³/mol. The van der Waals surface area contributed by atoms with Crippen LogP contribution in [0.5, 0.6) is 0 Å². The second kappa shape index (κ2) is 16.5. The Hall–Kier alpha value is -6.44. The van der Waals surface area contributed by atoms with Crippen molar-refractivity contribution in [3.8, 4) is 0 Å². The van der Waals surface area contributed by atoms with Crippen molar-refractivity contribution in [2.75, 3.05) is 4.90 Å². The number of anilines is 3. The van der Waals surface area contributed by atoms with Gasteiger partial charge in [-0.15, -0.1) is 0 Å². The second-order valence-electron chi connectivity index (χ2n) is 14.1. The molecule has 0 aliphatic heterocycles. The molecular weight excluding hydrogens is 651 g/mol. The molecule has 1 nitrogen and oxygen atoms in total. The first-order valence-electron chi connectivity index (χ1n) is 19.1. The highest BCUT2D eigenvalue weighted by Gasteiger charge is 2.16. The summed E-state index contributed by atoms with van der Waals surface area (Å²) in [4.78, 5) is 2.40. The second-order valence-corrected chi connectivity index (χ2v) is 14.1. The van der Waals surface area contributed by atoms with Crippen molar-refractivity contribution in [3.63, 3.8) is 0 Å². The van der Waals surface area contributed by atoms with Gasteiger partial charge in [-0.2, -0.15) is 0 Å². The Bertz CT molecular complexity index is 2340. The summed E-state index contributed by atoms with van der Waals surface area (Å²) in [7, 11) is 0. The SMILES string of the molecule is Cc1ccc(/C(=C/C=C/c2ccc(N(c3ccc(C=C(c4ccccc4)c4ccccc4)cc3)c3ccc4c(c3)CCCC4)cc2)c2ccccc2)cc1. The molecule has 0 radical (unpaired) electrons. The largest absolute Gasteiger partial charge is 0.310 e. The number of hydrogen-bond donors (Lipinski definition) is 0. The van der Waals surface area contributed by atoms with Crippen molar-refractivity contribution < 1.29 is 0 Å². The van der Waals surface area contributed by atoms with Crippen LogP contribution in [0.4, 0.5) is 17.1 Å². The number of benzene rings is 7. The van der Waals surface area contributed by atoms with Crippen LogP contribution in [-0.4, -0.2) is 0 Å². The van der Waals surface area contributed by atoms with E-state index in [1.165, 1.54) is 80.6 Å². The minimum Gasteiger partial charge on any atom is -0.310 e. The summed E-state index contributed by atoms with van der Waals surface area (Å²) in [6, 6.07) is 65.8. The monoisotopic (exact) mass is 695 g/mol. The minimum absolute atomic E-state index is 1.14. The van der Waals surface area contributed by atoms with Crippen LogP contribution in [0.15, 0.2) is 194 Å².